The molecular formula is C20H23N3S. The van der Waals surface area contributed by atoms with Crippen molar-refractivity contribution in [3.05, 3.63) is 59.8 Å². The van der Waals surface area contributed by atoms with Crippen molar-refractivity contribution in [1.82, 2.24) is 14.4 Å². The Hall–Kier alpha value is -2.07. The van der Waals surface area contributed by atoms with E-state index in [0.717, 1.165) is 23.4 Å². The van der Waals surface area contributed by atoms with Gasteiger partial charge in [-0.25, -0.2) is 0 Å². The second-order valence-corrected chi connectivity index (χ2v) is 7.41. The van der Waals surface area contributed by atoms with Gasteiger partial charge in [0.05, 0.1) is 5.69 Å². The Labute approximate surface area is 149 Å². The third-order valence-corrected chi connectivity index (χ3v) is 4.54. The first-order chi connectivity index (χ1) is 11.4. The molecule has 0 atom stereocenters. The fraction of sp³-hybridized carbons (Fsp3) is 0.300. The van der Waals surface area contributed by atoms with Crippen molar-refractivity contribution in [2.45, 2.75) is 39.5 Å². The van der Waals surface area contributed by atoms with E-state index in [-0.39, 0.29) is 5.41 Å². The van der Waals surface area contributed by atoms with Crippen molar-refractivity contribution in [1.29, 1.82) is 0 Å². The van der Waals surface area contributed by atoms with Crippen LogP contribution in [-0.4, -0.2) is 14.4 Å². The molecule has 1 heterocycles. The maximum Gasteiger partial charge on any atom is 0.117 e. The van der Waals surface area contributed by atoms with Crippen LogP contribution in [0.15, 0.2) is 48.5 Å². The van der Waals surface area contributed by atoms with E-state index in [9.17, 15) is 0 Å². The molecule has 0 spiro atoms. The fourth-order valence-corrected chi connectivity index (χ4v) is 2.91. The van der Waals surface area contributed by atoms with Crippen LogP contribution in [0.4, 0.5) is 0 Å². The summed E-state index contributed by atoms with van der Waals surface area (Å²) in [5.41, 5.74) is 7.41. The van der Waals surface area contributed by atoms with Gasteiger partial charge in [0.2, 0.25) is 0 Å². The van der Waals surface area contributed by atoms with Crippen molar-refractivity contribution in [3.8, 4) is 22.4 Å². The van der Waals surface area contributed by atoms with Crippen LogP contribution in [0.5, 0.6) is 0 Å². The average molecular weight is 337 g/mol. The molecule has 2 aliphatic rings. The molecule has 0 radical (unpaired) electrons. The lowest BCUT2D eigenvalue weighted by atomic mass is 9.86. The van der Waals surface area contributed by atoms with Gasteiger partial charge < -0.3 is 0 Å². The summed E-state index contributed by atoms with van der Waals surface area (Å²) in [5, 5.41) is 8.15. The average Bonchev–Trinajstić information content (AvgIpc) is 2.98. The van der Waals surface area contributed by atoms with Crippen LogP contribution in [0.3, 0.4) is 0 Å². The highest BCUT2D eigenvalue weighted by molar-refractivity contribution is 7.78. The summed E-state index contributed by atoms with van der Waals surface area (Å²) in [4.78, 5) is 0. The highest BCUT2D eigenvalue weighted by atomic mass is 32.1. The van der Waals surface area contributed by atoms with E-state index in [4.69, 9.17) is 0 Å². The van der Waals surface area contributed by atoms with Crippen LogP contribution >= 0.6 is 12.8 Å². The highest BCUT2D eigenvalue weighted by Crippen LogP contribution is 2.32. The molecule has 2 aromatic rings. The van der Waals surface area contributed by atoms with Crippen molar-refractivity contribution >= 4 is 12.8 Å². The minimum atomic E-state index is 0.174. The molecule has 124 valence electrons. The van der Waals surface area contributed by atoms with Gasteiger partial charge in [0.25, 0.3) is 0 Å². The predicted octanol–water partition coefficient (Wildman–Crippen LogP) is 5.16. The van der Waals surface area contributed by atoms with E-state index in [1.165, 1.54) is 16.7 Å². The Morgan fingerprint density at radius 1 is 0.958 bits per heavy atom. The molecule has 0 saturated heterocycles. The number of fused-ring (bicyclic) bond motifs is 1. The number of nitrogens with zero attached hydrogens (tertiary/aromatic N) is 3. The number of rotatable bonds is 2. The van der Waals surface area contributed by atoms with Gasteiger partial charge in [-0.15, -0.1) is 5.10 Å². The van der Waals surface area contributed by atoms with Gasteiger partial charge in [-0.1, -0.05) is 75.4 Å². The molecule has 3 nitrogen and oxygen atoms in total. The number of thiol groups is 1. The topological polar surface area (TPSA) is 30.7 Å². The Kier molecular flexibility index (Phi) is 4.50. The maximum absolute atomic E-state index is 4.26. The molecule has 1 aromatic carbocycles. The van der Waals surface area contributed by atoms with Crippen LogP contribution in [0.1, 0.15) is 39.0 Å². The second kappa shape index (κ2) is 6.44. The summed E-state index contributed by atoms with van der Waals surface area (Å²) >= 11 is 4.26. The lowest BCUT2D eigenvalue weighted by Gasteiger charge is -2.19. The lowest BCUT2D eigenvalue weighted by Crippen LogP contribution is -2.10. The van der Waals surface area contributed by atoms with Gasteiger partial charge in [0.1, 0.15) is 5.69 Å². The molecule has 0 aliphatic heterocycles. The molecule has 1 aromatic heterocycles. The van der Waals surface area contributed by atoms with Crippen molar-refractivity contribution in [3.63, 3.8) is 0 Å². The van der Waals surface area contributed by atoms with Gasteiger partial charge in [0, 0.05) is 5.56 Å². The fourth-order valence-electron chi connectivity index (χ4n) is 2.63. The molecule has 2 aliphatic carbocycles. The molecule has 0 N–H and O–H groups in total. The first-order valence-electron chi connectivity index (χ1n) is 8.25. The van der Waals surface area contributed by atoms with E-state index in [1.54, 1.807) is 4.09 Å². The second-order valence-electron chi connectivity index (χ2n) is 7.04. The summed E-state index contributed by atoms with van der Waals surface area (Å²) < 4.78 is 1.55. The zero-order valence-corrected chi connectivity index (χ0v) is 15.5. The van der Waals surface area contributed by atoms with E-state index in [2.05, 4.69) is 99.4 Å². The third kappa shape index (κ3) is 3.54. The first-order valence-corrected chi connectivity index (χ1v) is 8.65. The van der Waals surface area contributed by atoms with Crippen molar-refractivity contribution in [2.75, 3.05) is 0 Å². The maximum atomic E-state index is 4.26. The van der Waals surface area contributed by atoms with Crippen LogP contribution in [0.2, 0.25) is 0 Å². The van der Waals surface area contributed by atoms with Gasteiger partial charge in [-0.05, 0) is 47.4 Å². The predicted molar refractivity (Wildman–Crippen MR) is 103 cm³/mol. The van der Waals surface area contributed by atoms with Crippen LogP contribution in [0, 0.1) is 0 Å². The number of hydrogen-bond acceptors (Lipinski definition) is 3. The molecule has 0 amide bonds. The summed E-state index contributed by atoms with van der Waals surface area (Å²) in [6.07, 6.45) is 0.868. The Bertz CT molecular complexity index is 825. The van der Waals surface area contributed by atoms with E-state index >= 15 is 0 Å². The zero-order valence-electron chi connectivity index (χ0n) is 14.6. The van der Waals surface area contributed by atoms with E-state index in [0.29, 0.717) is 0 Å². The zero-order chi connectivity index (χ0) is 17.3. The van der Waals surface area contributed by atoms with Gasteiger partial charge in [0.15, 0.2) is 0 Å². The SMILES string of the molecule is CCc1c(-c2ccc(C(C)(C)C)cc2)nnn1S.c1cc2cc-2c1. The summed E-state index contributed by atoms with van der Waals surface area (Å²) in [6, 6.07) is 17.0. The van der Waals surface area contributed by atoms with Gasteiger partial charge in [-0.2, -0.15) is 4.09 Å². The van der Waals surface area contributed by atoms with Crippen molar-refractivity contribution < 1.29 is 0 Å². The quantitative estimate of drug-likeness (QED) is 0.512. The van der Waals surface area contributed by atoms with E-state index in [1.807, 2.05) is 0 Å². The molecule has 4 rings (SSSR count). The molecule has 0 saturated carbocycles. The van der Waals surface area contributed by atoms with Crippen LogP contribution < -0.4 is 0 Å². The minimum Gasteiger partial charge on any atom is -0.193 e. The van der Waals surface area contributed by atoms with Crippen LogP contribution in [-0.2, 0) is 11.8 Å². The largest absolute Gasteiger partial charge is 0.193 e. The monoisotopic (exact) mass is 337 g/mol. The van der Waals surface area contributed by atoms with E-state index < -0.39 is 0 Å². The lowest BCUT2D eigenvalue weighted by molar-refractivity contribution is 0.590. The summed E-state index contributed by atoms with van der Waals surface area (Å²) in [7, 11) is 0. The Morgan fingerprint density at radius 3 is 2.00 bits per heavy atom. The third-order valence-electron chi connectivity index (χ3n) is 4.22. The minimum absolute atomic E-state index is 0.174. The number of hydrogen-bond donors (Lipinski definition) is 1. The summed E-state index contributed by atoms with van der Waals surface area (Å²) in [5.74, 6) is 0. The molecule has 0 bridgehead atoms. The highest BCUT2D eigenvalue weighted by Gasteiger charge is 2.15. The van der Waals surface area contributed by atoms with Gasteiger partial charge in [-0.3, -0.25) is 0 Å². The Balaban J connectivity index is 0.000000231. The number of benzene rings is 2. The van der Waals surface area contributed by atoms with Crippen molar-refractivity contribution in [2.24, 2.45) is 0 Å². The molecule has 4 heteroatoms. The first kappa shape index (κ1) is 16.8. The molecule has 0 fully saturated rings. The summed E-state index contributed by atoms with van der Waals surface area (Å²) in [6.45, 7) is 8.72. The number of aromatic nitrogens is 3. The molecule has 24 heavy (non-hydrogen) atoms. The Morgan fingerprint density at radius 2 is 1.58 bits per heavy atom. The van der Waals surface area contributed by atoms with Crippen LogP contribution in [0.25, 0.3) is 22.4 Å². The smallest absolute Gasteiger partial charge is 0.117 e. The normalized spacial score (nSPS) is 11.7. The molecular weight excluding hydrogens is 314 g/mol. The van der Waals surface area contributed by atoms with Gasteiger partial charge >= 0.3 is 0 Å². The molecule has 0 unspecified atom stereocenters. The standard InChI is InChI=1S/C14H19N3S.C6H4/c1-5-12-13(15-16-17(12)18)10-6-8-11(9-7-10)14(2,3)4;1-2-5-4-6(5)3-1/h6-9,18H,5H2,1-4H3;1-4H.